The molecule has 0 spiro atoms. The average molecular weight is 269 g/mol. The van der Waals surface area contributed by atoms with E-state index < -0.39 is 7.14 Å². The highest BCUT2D eigenvalue weighted by atomic mass is 31.2. The van der Waals surface area contributed by atoms with Crippen LogP contribution in [-0.4, -0.2) is 26.4 Å². The summed E-state index contributed by atoms with van der Waals surface area (Å²) in [5.41, 5.74) is 0.987. The Bertz CT molecular complexity index is 463. The van der Waals surface area contributed by atoms with Crippen molar-refractivity contribution in [2.45, 2.75) is 19.3 Å². The summed E-state index contributed by atoms with van der Waals surface area (Å²) in [4.78, 5) is 0. The maximum atomic E-state index is 13.6. The first-order valence-corrected chi connectivity index (χ1v) is 9.11. The van der Waals surface area contributed by atoms with Gasteiger partial charge in [0.1, 0.15) is 13.0 Å². The summed E-state index contributed by atoms with van der Waals surface area (Å²) in [5.74, 6) is 0.356. The highest BCUT2D eigenvalue weighted by Gasteiger charge is 2.17. The van der Waals surface area contributed by atoms with E-state index in [-0.39, 0.29) is 5.82 Å². The van der Waals surface area contributed by atoms with Crippen LogP contribution in [0.15, 0.2) is 18.2 Å². The molecule has 0 amide bonds. The van der Waals surface area contributed by atoms with Gasteiger partial charge in [0.15, 0.2) is 0 Å². The molecule has 1 aromatic rings. The van der Waals surface area contributed by atoms with Crippen LogP contribution >= 0.6 is 7.14 Å². The maximum absolute atomic E-state index is 13.6. The Balaban J connectivity index is 2.17. The van der Waals surface area contributed by atoms with Crippen molar-refractivity contribution >= 4 is 12.4 Å². The molecule has 1 aliphatic rings. The Morgan fingerprint density at radius 1 is 1.28 bits per heavy atom. The second-order valence-corrected chi connectivity index (χ2v) is 8.78. The van der Waals surface area contributed by atoms with E-state index in [4.69, 9.17) is 0 Å². The molecule has 1 aliphatic heterocycles. The van der Waals surface area contributed by atoms with Crippen LogP contribution < -0.4 is 10.6 Å². The van der Waals surface area contributed by atoms with Gasteiger partial charge in [-0.05, 0) is 75.4 Å². The molecule has 100 valence electrons. The Kier molecular flexibility index (Phi) is 4.24. The van der Waals surface area contributed by atoms with E-state index in [9.17, 15) is 8.96 Å². The zero-order valence-corrected chi connectivity index (χ0v) is 12.0. The quantitative estimate of drug-likeness (QED) is 0.855. The number of hydrogen-bond acceptors (Lipinski definition) is 2. The molecule has 0 saturated carbocycles. The average Bonchev–Trinajstić information content (AvgIpc) is 2.28. The molecule has 2 nitrogen and oxygen atoms in total. The predicted octanol–water partition coefficient (Wildman–Crippen LogP) is 2.62. The van der Waals surface area contributed by atoms with Crippen molar-refractivity contribution in [2.75, 3.05) is 26.4 Å². The van der Waals surface area contributed by atoms with Gasteiger partial charge in [-0.1, -0.05) is 0 Å². The monoisotopic (exact) mass is 269 g/mol. The zero-order chi connectivity index (χ0) is 13.2. The molecular weight excluding hydrogens is 248 g/mol. The summed E-state index contributed by atoms with van der Waals surface area (Å²) < 4.78 is 25.6. The Hall–Kier alpha value is -0.660. The number of halogens is 1. The van der Waals surface area contributed by atoms with E-state index in [2.05, 4.69) is 5.32 Å². The van der Waals surface area contributed by atoms with Gasteiger partial charge in [-0.2, -0.15) is 0 Å². The van der Waals surface area contributed by atoms with Crippen molar-refractivity contribution in [1.82, 2.24) is 5.32 Å². The second kappa shape index (κ2) is 5.54. The minimum Gasteiger partial charge on any atom is -0.319 e. The first kappa shape index (κ1) is 13.8. The first-order chi connectivity index (χ1) is 8.45. The first-order valence-electron chi connectivity index (χ1n) is 6.51. The molecule has 0 aromatic heterocycles. The van der Waals surface area contributed by atoms with Gasteiger partial charge in [-0.15, -0.1) is 0 Å². The maximum Gasteiger partial charge on any atom is 0.124 e. The van der Waals surface area contributed by atoms with Crippen molar-refractivity contribution in [1.29, 1.82) is 0 Å². The summed E-state index contributed by atoms with van der Waals surface area (Å²) in [5, 5.41) is 3.99. The summed E-state index contributed by atoms with van der Waals surface area (Å²) in [6.45, 7) is 5.48. The lowest BCUT2D eigenvalue weighted by Crippen LogP contribution is -2.28. The molecule has 0 unspecified atom stereocenters. The van der Waals surface area contributed by atoms with Gasteiger partial charge in [0, 0.05) is 5.30 Å². The van der Waals surface area contributed by atoms with Gasteiger partial charge in [-0.3, -0.25) is 0 Å². The number of hydrogen-bond donors (Lipinski definition) is 1. The van der Waals surface area contributed by atoms with Crippen LogP contribution in [0.25, 0.3) is 0 Å². The predicted molar refractivity (Wildman–Crippen MR) is 74.8 cm³/mol. The molecule has 18 heavy (non-hydrogen) atoms. The Morgan fingerprint density at radius 3 is 2.56 bits per heavy atom. The van der Waals surface area contributed by atoms with E-state index in [1.165, 1.54) is 6.07 Å². The topological polar surface area (TPSA) is 29.1 Å². The Morgan fingerprint density at radius 2 is 1.94 bits per heavy atom. The molecule has 1 fully saturated rings. The van der Waals surface area contributed by atoms with Gasteiger partial charge in [0.25, 0.3) is 0 Å². The summed E-state index contributed by atoms with van der Waals surface area (Å²) in [7, 11) is -2.38. The molecule has 1 aromatic carbocycles. The third kappa shape index (κ3) is 3.66. The van der Waals surface area contributed by atoms with Crippen molar-refractivity contribution in [3.8, 4) is 0 Å². The third-order valence-corrected chi connectivity index (χ3v) is 5.05. The highest BCUT2D eigenvalue weighted by molar-refractivity contribution is 7.70. The Labute approximate surface area is 108 Å². The number of rotatable bonds is 3. The van der Waals surface area contributed by atoms with Crippen molar-refractivity contribution in [3.63, 3.8) is 0 Å². The fourth-order valence-electron chi connectivity index (χ4n) is 2.48. The molecule has 0 bridgehead atoms. The highest BCUT2D eigenvalue weighted by Crippen LogP contribution is 2.35. The zero-order valence-electron chi connectivity index (χ0n) is 11.1. The van der Waals surface area contributed by atoms with Crippen molar-refractivity contribution < 1.29 is 8.96 Å². The lowest BCUT2D eigenvalue weighted by atomic mass is 9.91. The van der Waals surface area contributed by atoms with Crippen LogP contribution in [-0.2, 0) is 11.0 Å². The van der Waals surface area contributed by atoms with Gasteiger partial charge < -0.3 is 9.88 Å². The second-order valence-electron chi connectivity index (χ2n) is 5.57. The normalized spacial score (nSPS) is 17.9. The van der Waals surface area contributed by atoms with E-state index in [1.807, 2.05) is 6.07 Å². The SMILES string of the molecule is CP(C)(=O)c1cc(F)cc(CC2CCNCC2)c1. The van der Waals surface area contributed by atoms with Crippen molar-refractivity contribution in [3.05, 3.63) is 29.6 Å². The smallest absolute Gasteiger partial charge is 0.124 e. The summed E-state index contributed by atoms with van der Waals surface area (Å²) in [6.07, 6.45) is 3.18. The molecule has 0 aliphatic carbocycles. The molecule has 2 rings (SSSR count). The minimum absolute atomic E-state index is 0.264. The van der Waals surface area contributed by atoms with Gasteiger partial charge in [0.2, 0.25) is 0 Å². The van der Waals surface area contributed by atoms with E-state index in [1.54, 1.807) is 19.4 Å². The third-order valence-electron chi connectivity index (χ3n) is 3.55. The molecule has 4 heteroatoms. The molecule has 0 atom stereocenters. The van der Waals surface area contributed by atoms with E-state index >= 15 is 0 Å². The molecular formula is C14H21FNOP. The van der Waals surface area contributed by atoms with Crippen LogP contribution in [0, 0.1) is 11.7 Å². The summed E-state index contributed by atoms with van der Waals surface area (Å²) >= 11 is 0. The van der Waals surface area contributed by atoms with Crippen LogP contribution in [0.4, 0.5) is 4.39 Å². The van der Waals surface area contributed by atoms with Crippen molar-refractivity contribution in [2.24, 2.45) is 5.92 Å². The molecule has 1 N–H and O–H groups in total. The lowest BCUT2D eigenvalue weighted by molar-refractivity contribution is 0.372. The van der Waals surface area contributed by atoms with E-state index in [0.29, 0.717) is 11.2 Å². The number of nitrogens with one attached hydrogen (secondary N) is 1. The van der Waals surface area contributed by atoms with Gasteiger partial charge in [-0.25, -0.2) is 4.39 Å². The minimum atomic E-state index is -2.38. The lowest BCUT2D eigenvalue weighted by Gasteiger charge is -2.23. The number of piperidine rings is 1. The molecule has 1 saturated heterocycles. The van der Waals surface area contributed by atoms with Crippen LogP contribution in [0.3, 0.4) is 0 Å². The molecule has 0 radical (unpaired) electrons. The van der Waals surface area contributed by atoms with Gasteiger partial charge >= 0.3 is 0 Å². The van der Waals surface area contributed by atoms with Crippen LogP contribution in [0.1, 0.15) is 18.4 Å². The fourth-order valence-corrected chi connectivity index (χ4v) is 3.39. The fraction of sp³-hybridized carbons (Fsp3) is 0.571. The standard InChI is InChI=1S/C14H21FNOP/c1-18(2,17)14-9-12(8-13(15)10-14)7-11-3-5-16-6-4-11/h8-11,16H,3-7H2,1-2H3. The summed E-state index contributed by atoms with van der Waals surface area (Å²) in [6, 6.07) is 4.92. The van der Waals surface area contributed by atoms with Gasteiger partial charge in [0.05, 0.1) is 0 Å². The number of benzene rings is 1. The van der Waals surface area contributed by atoms with E-state index in [0.717, 1.165) is 37.9 Å². The largest absolute Gasteiger partial charge is 0.319 e. The van der Waals surface area contributed by atoms with Crippen LogP contribution in [0.5, 0.6) is 0 Å². The van der Waals surface area contributed by atoms with Crippen LogP contribution in [0.2, 0.25) is 0 Å². The molecule has 1 heterocycles.